The van der Waals surface area contributed by atoms with Gasteiger partial charge < -0.3 is 10.1 Å². The largest absolute Gasteiger partial charge is 0.495 e. The van der Waals surface area contributed by atoms with Gasteiger partial charge in [0.05, 0.1) is 17.7 Å². The first-order valence-electron chi connectivity index (χ1n) is 12.7. The number of sulfonamides is 1. The summed E-state index contributed by atoms with van der Waals surface area (Å²) in [7, 11) is -2.53. The Bertz CT molecular complexity index is 1290. The summed E-state index contributed by atoms with van der Waals surface area (Å²) in [6, 6.07) is 21.6. The zero-order valence-electron chi connectivity index (χ0n) is 21.5. The van der Waals surface area contributed by atoms with E-state index in [-0.39, 0.29) is 11.4 Å². The fourth-order valence-electron chi connectivity index (χ4n) is 4.54. The summed E-state index contributed by atoms with van der Waals surface area (Å²) in [5.74, 6) is -0.0253. The SMILES string of the molecule is COc1ccc(C)cc1N(CC(=O)NCc1ccc(CN2CCCCC2)cc1)S(=O)(=O)c1ccccc1. The zero-order chi connectivity index (χ0) is 26.3. The molecule has 8 heteroatoms. The lowest BCUT2D eigenvalue weighted by Crippen LogP contribution is -2.41. The van der Waals surface area contributed by atoms with Gasteiger partial charge in [0.15, 0.2) is 0 Å². The van der Waals surface area contributed by atoms with E-state index in [4.69, 9.17) is 4.74 Å². The molecule has 1 saturated heterocycles. The van der Waals surface area contributed by atoms with Crippen LogP contribution in [0.3, 0.4) is 0 Å². The van der Waals surface area contributed by atoms with E-state index in [1.807, 2.05) is 25.1 Å². The van der Waals surface area contributed by atoms with Crippen molar-refractivity contribution in [2.75, 3.05) is 31.0 Å². The average molecular weight is 522 g/mol. The number of nitrogens with one attached hydrogen (secondary N) is 1. The molecule has 1 amide bonds. The van der Waals surface area contributed by atoms with Crippen molar-refractivity contribution in [1.29, 1.82) is 0 Å². The average Bonchev–Trinajstić information content (AvgIpc) is 2.92. The number of hydrogen-bond acceptors (Lipinski definition) is 5. The lowest BCUT2D eigenvalue weighted by atomic mass is 10.1. The number of hydrogen-bond donors (Lipinski definition) is 1. The number of benzene rings is 3. The Morgan fingerprint density at radius 2 is 1.62 bits per heavy atom. The summed E-state index contributed by atoms with van der Waals surface area (Å²) in [5.41, 5.74) is 3.39. The molecule has 1 heterocycles. The van der Waals surface area contributed by atoms with Gasteiger partial charge >= 0.3 is 0 Å². The van der Waals surface area contributed by atoms with Crippen molar-refractivity contribution in [3.63, 3.8) is 0 Å². The lowest BCUT2D eigenvalue weighted by Gasteiger charge is -2.26. The molecule has 37 heavy (non-hydrogen) atoms. The molecule has 3 aromatic carbocycles. The van der Waals surface area contributed by atoms with Crippen LogP contribution in [0.25, 0.3) is 0 Å². The van der Waals surface area contributed by atoms with Crippen molar-refractivity contribution in [1.82, 2.24) is 10.2 Å². The maximum atomic E-state index is 13.6. The number of nitrogens with zero attached hydrogens (tertiary/aromatic N) is 2. The van der Waals surface area contributed by atoms with Crippen LogP contribution in [0.4, 0.5) is 5.69 Å². The fourth-order valence-corrected chi connectivity index (χ4v) is 5.98. The van der Waals surface area contributed by atoms with Gasteiger partial charge in [-0.2, -0.15) is 0 Å². The summed E-state index contributed by atoms with van der Waals surface area (Å²) >= 11 is 0. The van der Waals surface area contributed by atoms with E-state index < -0.39 is 15.9 Å². The molecular formula is C29H35N3O4S. The van der Waals surface area contributed by atoms with Crippen LogP contribution >= 0.6 is 0 Å². The van der Waals surface area contributed by atoms with E-state index in [2.05, 4.69) is 22.3 Å². The topological polar surface area (TPSA) is 79.0 Å². The van der Waals surface area contributed by atoms with Crippen LogP contribution < -0.4 is 14.4 Å². The Labute approximate surface area is 220 Å². The van der Waals surface area contributed by atoms with E-state index >= 15 is 0 Å². The molecule has 1 aliphatic heterocycles. The van der Waals surface area contributed by atoms with Crippen molar-refractivity contribution in [2.24, 2.45) is 0 Å². The molecule has 0 aromatic heterocycles. The van der Waals surface area contributed by atoms with Crippen molar-refractivity contribution in [3.8, 4) is 5.75 Å². The molecule has 0 saturated carbocycles. The van der Waals surface area contributed by atoms with Gasteiger partial charge in [0, 0.05) is 13.1 Å². The predicted molar refractivity (Wildman–Crippen MR) is 146 cm³/mol. The molecule has 0 bridgehead atoms. The van der Waals surface area contributed by atoms with E-state index in [1.165, 1.54) is 44.1 Å². The third-order valence-electron chi connectivity index (χ3n) is 6.59. The molecule has 1 aliphatic rings. The molecule has 1 N–H and O–H groups in total. The highest BCUT2D eigenvalue weighted by molar-refractivity contribution is 7.92. The number of likely N-dealkylation sites (tertiary alicyclic amines) is 1. The minimum atomic E-state index is -4.01. The number of ether oxygens (including phenoxy) is 1. The number of piperidine rings is 1. The molecule has 196 valence electrons. The molecule has 0 atom stereocenters. The number of carbonyl (C=O) groups excluding carboxylic acids is 1. The minimum absolute atomic E-state index is 0.107. The molecular weight excluding hydrogens is 486 g/mol. The third kappa shape index (κ3) is 6.90. The number of carbonyl (C=O) groups is 1. The molecule has 4 rings (SSSR count). The Morgan fingerprint density at radius 3 is 2.30 bits per heavy atom. The molecule has 0 unspecified atom stereocenters. The van der Waals surface area contributed by atoms with Gasteiger partial charge in [-0.15, -0.1) is 0 Å². The van der Waals surface area contributed by atoms with Gasteiger partial charge in [0.2, 0.25) is 5.91 Å². The van der Waals surface area contributed by atoms with Gasteiger partial charge in [-0.3, -0.25) is 14.0 Å². The Hall–Kier alpha value is -3.36. The Kier molecular flexibility index (Phi) is 8.84. The second-order valence-electron chi connectivity index (χ2n) is 9.43. The zero-order valence-corrected chi connectivity index (χ0v) is 22.3. The first-order chi connectivity index (χ1) is 17.9. The summed E-state index contributed by atoms with van der Waals surface area (Å²) in [6.45, 7) is 5.04. The lowest BCUT2D eigenvalue weighted by molar-refractivity contribution is -0.119. The smallest absolute Gasteiger partial charge is 0.264 e. The van der Waals surface area contributed by atoms with E-state index in [9.17, 15) is 13.2 Å². The molecule has 7 nitrogen and oxygen atoms in total. The molecule has 3 aromatic rings. The fraction of sp³-hybridized carbons (Fsp3) is 0.345. The predicted octanol–water partition coefficient (Wildman–Crippen LogP) is 4.50. The van der Waals surface area contributed by atoms with Crippen LogP contribution in [-0.2, 0) is 27.9 Å². The third-order valence-corrected chi connectivity index (χ3v) is 8.36. The second-order valence-corrected chi connectivity index (χ2v) is 11.3. The first-order valence-corrected chi connectivity index (χ1v) is 14.1. The second kappa shape index (κ2) is 12.3. The van der Waals surface area contributed by atoms with Crippen LogP contribution in [0, 0.1) is 6.92 Å². The molecule has 1 fully saturated rings. The normalized spacial score (nSPS) is 14.2. The van der Waals surface area contributed by atoms with Gasteiger partial charge in [-0.1, -0.05) is 55.0 Å². The van der Waals surface area contributed by atoms with Crippen molar-refractivity contribution in [3.05, 3.63) is 89.5 Å². The summed E-state index contributed by atoms with van der Waals surface area (Å²) in [5, 5.41) is 2.88. The van der Waals surface area contributed by atoms with Gasteiger partial charge in [-0.05, 0) is 73.8 Å². The van der Waals surface area contributed by atoms with Crippen LogP contribution in [-0.4, -0.2) is 46.0 Å². The molecule has 0 aliphatic carbocycles. The number of rotatable bonds is 10. The standard InChI is InChI=1S/C29H35N3O4S/c1-23-11-16-28(36-2)27(19-23)32(37(34,35)26-9-5-3-6-10-26)22-29(33)30-20-24-12-14-25(15-13-24)21-31-17-7-4-8-18-31/h3,5-6,9-16,19H,4,7-8,17-18,20-22H2,1-2H3,(H,30,33). The van der Waals surface area contributed by atoms with Crippen LogP contribution in [0.15, 0.2) is 77.7 Å². The molecule has 0 radical (unpaired) electrons. The monoisotopic (exact) mass is 521 g/mol. The quantitative estimate of drug-likeness (QED) is 0.425. The summed E-state index contributed by atoms with van der Waals surface area (Å²) < 4.78 is 33.8. The van der Waals surface area contributed by atoms with Crippen LogP contribution in [0.5, 0.6) is 5.75 Å². The van der Waals surface area contributed by atoms with E-state index in [0.29, 0.717) is 18.0 Å². The van der Waals surface area contributed by atoms with Gasteiger partial charge in [0.25, 0.3) is 10.0 Å². The van der Waals surface area contributed by atoms with Crippen LogP contribution in [0.1, 0.15) is 36.0 Å². The van der Waals surface area contributed by atoms with Crippen molar-refractivity contribution >= 4 is 21.6 Å². The Balaban J connectivity index is 1.47. The highest BCUT2D eigenvalue weighted by Crippen LogP contribution is 2.33. The highest BCUT2D eigenvalue weighted by atomic mass is 32.2. The van der Waals surface area contributed by atoms with Gasteiger partial charge in [-0.25, -0.2) is 8.42 Å². The maximum Gasteiger partial charge on any atom is 0.264 e. The maximum absolute atomic E-state index is 13.6. The number of aryl methyl sites for hydroxylation is 1. The van der Waals surface area contributed by atoms with E-state index in [1.54, 1.807) is 30.3 Å². The van der Waals surface area contributed by atoms with Gasteiger partial charge in [0.1, 0.15) is 12.3 Å². The first kappa shape index (κ1) is 26.7. The highest BCUT2D eigenvalue weighted by Gasteiger charge is 2.29. The summed E-state index contributed by atoms with van der Waals surface area (Å²) in [4.78, 5) is 15.6. The van der Waals surface area contributed by atoms with Crippen molar-refractivity contribution in [2.45, 2.75) is 44.2 Å². The number of methoxy groups -OCH3 is 1. The number of anilines is 1. The Morgan fingerprint density at radius 1 is 0.946 bits per heavy atom. The van der Waals surface area contributed by atoms with Crippen LogP contribution in [0.2, 0.25) is 0 Å². The van der Waals surface area contributed by atoms with Crippen molar-refractivity contribution < 1.29 is 17.9 Å². The minimum Gasteiger partial charge on any atom is -0.495 e. The summed E-state index contributed by atoms with van der Waals surface area (Å²) in [6.07, 6.45) is 3.83. The van der Waals surface area contributed by atoms with E-state index in [0.717, 1.165) is 35.1 Å². The molecule has 0 spiro atoms. The number of amides is 1.